The summed E-state index contributed by atoms with van der Waals surface area (Å²) >= 11 is 0. The van der Waals surface area contributed by atoms with Crippen LogP contribution in [0.4, 0.5) is 18.9 Å². The summed E-state index contributed by atoms with van der Waals surface area (Å²) in [5.41, 5.74) is -0.705. The van der Waals surface area contributed by atoms with Crippen molar-refractivity contribution in [1.82, 2.24) is 5.32 Å². The van der Waals surface area contributed by atoms with Crippen LogP contribution in [-0.4, -0.2) is 26.8 Å². The zero-order chi connectivity index (χ0) is 14.0. The monoisotopic (exact) mass is 294 g/mol. The second kappa shape index (κ2) is 5.38. The SMILES string of the molecule is O=S(=O)(Nc1cc(F)cc(F)c1F)C1CCCNC1. The van der Waals surface area contributed by atoms with Gasteiger partial charge in [0, 0.05) is 18.7 Å². The summed E-state index contributed by atoms with van der Waals surface area (Å²) in [7, 11) is -3.88. The minimum atomic E-state index is -3.88. The number of hydrogen-bond donors (Lipinski definition) is 2. The Labute approximate surface area is 109 Å². The van der Waals surface area contributed by atoms with E-state index in [1.165, 1.54) is 0 Å². The summed E-state index contributed by atoms with van der Waals surface area (Å²) in [5.74, 6) is -3.88. The van der Waals surface area contributed by atoms with Crippen molar-refractivity contribution in [1.29, 1.82) is 0 Å². The molecule has 0 saturated carbocycles. The molecule has 0 bridgehead atoms. The van der Waals surface area contributed by atoms with Crippen LogP contribution in [0.5, 0.6) is 0 Å². The van der Waals surface area contributed by atoms with Crippen molar-refractivity contribution in [2.45, 2.75) is 18.1 Å². The van der Waals surface area contributed by atoms with Crippen LogP contribution in [0, 0.1) is 17.5 Å². The van der Waals surface area contributed by atoms with E-state index in [1.54, 1.807) is 0 Å². The Bertz CT molecular complexity index is 572. The number of halogens is 3. The van der Waals surface area contributed by atoms with Crippen molar-refractivity contribution >= 4 is 15.7 Å². The van der Waals surface area contributed by atoms with Gasteiger partial charge in [0.25, 0.3) is 0 Å². The third-order valence-electron chi connectivity index (χ3n) is 2.94. The summed E-state index contributed by atoms with van der Waals surface area (Å²) in [5, 5.41) is 2.16. The number of rotatable bonds is 3. The van der Waals surface area contributed by atoms with Gasteiger partial charge in [-0.3, -0.25) is 4.72 Å². The molecule has 1 atom stereocenters. The first-order chi connectivity index (χ1) is 8.90. The zero-order valence-electron chi connectivity index (χ0n) is 9.92. The van der Waals surface area contributed by atoms with Crippen LogP contribution in [0.15, 0.2) is 12.1 Å². The number of piperidine rings is 1. The molecule has 0 spiro atoms. The van der Waals surface area contributed by atoms with Gasteiger partial charge in [0.05, 0.1) is 10.9 Å². The van der Waals surface area contributed by atoms with Gasteiger partial charge >= 0.3 is 0 Å². The molecular formula is C11H13F3N2O2S. The highest BCUT2D eigenvalue weighted by Crippen LogP contribution is 2.22. The normalized spacial score (nSPS) is 20.3. The van der Waals surface area contributed by atoms with Crippen LogP contribution in [-0.2, 0) is 10.0 Å². The molecule has 1 saturated heterocycles. The van der Waals surface area contributed by atoms with Crippen molar-refractivity contribution in [3.8, 4) is 0 Å². The first-order valence-corrected chi connectivity index (χ1v) is 7.31. The van der Waals surface area contributed by atoms with Gasteiger partial charge in [0.1, 0.15) is 5.82 Å². The van der Waals surface area contributed by atoms with Crippen LogP contribution in [0.3, 0.4) is 0 Å². The number of sulfonamides is 1. The summed E-state index contributed by atoms with van der Waals surface area (Å²) in [4.78, 5) is 0. The lowest BCUT2D eigenvalue weighted by molar-refractivity contribution is 0.493. The van der Waals surface area contributed by atoms with E-state index in [0.29, 0.717) is 25.0 Å². The first kappa shape index (κ1) is 14.1. The van der Waals surface area contributed by atoms with Crippen molar-refractivity contribution < 1.29 is 21.6 Å². The van der Waals surface area contributed by atoms with Gasteiger partial charge in [-0.2, -0.15) is 0 Å². The maximum Gasteiger partial charge on any atom is 0.236 e. The lowest BCUT2D eigenvalue weighted by atomic mass is 10.2. The maximum absolute atomic E-state index is 13.4. The molecule has 4 nitrogen and oxygen atoms in total. The highest BCUT2D eigenvalue weighted by Gasteiger charge is 2.28. The van der Waals surface area contributed by atoms with E-state index in [0.717, 1.165) is 6.54 Å². The van der Waals surface area contributed by atoms with E-state index in [2.05, 4.69) is 5.32 Å². The van der Waals surface area contributed by atoms with Gasteiger partial charge in [-0.15, -0.1) is 0 Å². The maximum atomic E-state index is 13.4. The number of hydrogen-bond acceptors (Lipinski definition) is 3. The molecule has 1 aliphatic heterocycles. The highest BCUT2D eigenvalue weighted by atomic mass is 32.2. The Balaban J connectivity index is 2.25. The molecule has 19 heavy (non-hydrogen) atoms. The topological polar surface area (TPSA) is 58.2 Å². The molecule has 1 aliphatic rings. The standard InChI is InChI=1S/C11H13F3N2O2S/c12-7-4-9(13)11(14)10(5-7)16-19(17,18)8-2-1-3-15-6-8/h4-5,8,15-16H,1-3,6H2. The Kier molecular flexibility index (Phi) is 4.00. The minimum Gasteiger partial charge on any atom is -0.315 e. The summed E-state index contributed by atoms with van der Waals surface area (Å²) in [6.07, 6.45) is 1.09. The number of anilines is 1. The lowest BCUT2D eigenvalue weighted by Gasteiger charge is -2.23. The van der Waals surface area contributed by atoms with Gasteiger partial charge in [-0.05, 0) is 19.4 Å². The van der Waals surface area contributed by atoms with Crippen LogP contribution < -0.4 is 10.0 Å². The molecule has 106 valence electrons. The predicted molar refractivity (Wildman–Crippen MR) is 64.8 cm³/mol. The molecule has 2 rings (SSSR count). The third kappa shape index (κ3) is 3.19. The summed E-state index contributed by atoms with van der Waals surface area (Å²) in [6.45, 7) is 0.948. The Morgan fingerprint density at radius 2 is 2.00 bits per heavy atom. The predicted octanol–water partition coefficient (Wildman–Crippen LogP) is 1.60. The molecule has 0 radical (unpaired) electrons. The second-order valence-electron chi connectivity index (χ2n) is 4.36. The Hall–Kier alpha value is -1.28. The van der Waals surface area contributed by atoms with E-state index < -0.39 is 38.4 Å². The minimum absolute atomic E-state index is 0.231. The second-order valence-corrected chi connectivity index (χ2v) is 6.33. The molecule has 8 heteroatoms. The van der Waals surface area contributed by atoms with Crippen molar-refractivity contribution in [2.75, 3.05) is 17.8 Å². The molecule has 1 unspecified atom stereocenters. The highest BCUT2D eigenvalue weighted by molar-refractivity contribution is 7.93. The molecule has 0 aliphatic carbocycles. The Morgan fingerprint density at radius 3 is 2.63 bits per heavy atom. The van der Waals surface area contributed by atoms with E-state index in [9.17, 15) is 21.6 Å². The van der Waals surface area contributed by atoms with E-state index in [-0.39, 0.29) is 6.54 Å². The zero-order valence-corrected chi connectivity index (χ0v) is 10.7. The average molecular weight is 294 g/mol. The van der Waals surface area contributed by atoms with Crippen LogP contribution in [0.25, 0.3) is 0 Å². The van der Waals surface area contributed by atoms with Crippen LogP contribution in [0.2, 0.25) is 0 Å². The first-order valence-electron chi connectivity index (χ1n) is 5.77. The van der Waals surface area contributed by atoms with E-state index in [4.69, 9.17) is 0 Å². The third-order valence-corrected chi connectivity index (χ3v) is 4.72. The molecule has 1 aromatic carbocycles. The van der Waals surface area contributed by atoms with Crippen LogP contribution >= 0.6 is 0 Å². The van der Waals surface area contributed by atoms with Crippen molar-refractivity contribution in [2.24, 2.45) is 0 Å². The summed E-state index contributed by atoms with van der Waals surface area (Å²) < 4.78 is 65.2. The van der Waals surface area contributed by atoms with Gasteiger partial charge in [-0.25, -0.2) is 21.6 Å². The molecule has 0 amide bonds. The van der Waals surface area contributed by atoms with Gasteiger partial charge in [0.2, 0.25) is 10.0 Å². The fraction of sp³-hybridized carbons (Fsp3) is 0.455. The molecule has 2 N–H and O–H groups in total. The van der Waals surface area contributed by atoms with E-state index >= 15 is 0 Å². The largest absolute Gasteiger partial charge is 0.315 e. The van der Waals surface area contributed by atoms with E-state index in [1.807, 2.05) is 4.72 Å². The van der Waals surface area contributed by atoms with Gasteiger partial charge in [0.15, 0.2) is 11.6 Å². The van der Waals surface area contributed by atoms with Crippen molar-refractivity contribution in [3.05, 3.63) is 29.6 Å². The van der Waals surface area contributed by atoms with Crippen LogP contribution in [0.1, 0.15) is 12.8 Å². The molecular weight excluding hydrogens is 281 g/mol. The Morgan fingerprint density at radius 1 is 1.26 bits per heavy atom. The average Bonchev–Trinajstić information content (AvgIpc) is 2.36. The molecule has 1 heterocycles. The number of benzene rings is 1. The summed E-state index contributed by atoms with van der Waals surface area (Å²) in [6, 6.07) is 0.974. The fourth-order valence-corrected chi connectivity index (χ4v) is 3.39. The lowest BCUT2D eigenvalue weighted by Crippen LogP contribution is -2.41. The molecule has 1 aromatic rings. The quantitative estimate of drug-likeness (QED) is 0.833. The van der Waals surface area contributed by atoms with Gasteiger partial charge < -0.3 is 5.32 Å². The molecule has 1 fully saturated rings. The van der Waals surface area contributed by atoms with Gasteiger partial charge in [-0.1, -0.05) is 0 Å². The smallest absolute Gasteiger partial charge is 0.236 e. The molecule has 0 aromatic heterocycles. The fourth-order valence-electron chi connectivity index (χ4n) is 1.95. The number of nitrogens with one attached hydrogen (secondary N) is 2. The van der Waals surface area contributed by atoms with Crippen molar-refractivity contribution in [3.63, 3.8) is 0 Å².